The highest BCUT2D eigenvalue weighted by molar-refractivity contribution is 7.89. The van der Waals surface area contributed by atoms with Crippen molar-refractivity contribution in [2.24, 2.45) is 0 Å². The maximum absolute atomic E-state index is 12.7. The molecule has 0 aromatic heterocycles. The van der Waals surface area contributed by atoms with Crippen LogP contribution in [0.5, 0.6) is 11.5 Å². The zero-order chi connectivity index (χ0) is 22.4. The molecule has 1 aliphatic heterocycles. The number of ketones is 1. The van der Waals surface area contributed by atoms with Gasteiger partial charge in [-0.1, -0.05) is 12.1 Å². The van der Waals surface area contributed by atoms with Crippen LogP contribution in [0, 0.1) is 0 Å². The molecule has 2 aromatic carbocycles. The molecule has 1 fully saturated rings. The number of para-hydroxylation sites is 1. The Labute approximate surface area is 183 Å². The van der Waals surface area contributed by atoms with Crippen molar-refractivity contribution in [3.63, 3.8) is 0 Å². The van der Waals surface area contributed by atoms with E-state index in [1.807, 2.05) is 26.0 Å². The number of morpholine rings is 1. The van der Waals surface area contributed by atoms with Crippen molar-refractivity contribution in [1.82, 2.24) is 4.31 Å². The molecule has 0 spiro atoms. The van der Waals surface area contributed by atoms with Crippen LogP contribution in [0.4, 0.5) is 0 Å². The van der Waals surface area contributed by atoms with Crippen LogP contribution in [0.3, 0.4) is 0 Å². The van der Waals surface area contributed by atoms with Gasteiger partial charge in [0.25, 0.3) is 0 Å². The van der Waals surface area contributed by atoms with Crippen LogP contribution in [0.2, 0.25) is 0 Å². The zero-order valence-electron chi connectivity index (χ0n) is 17.9. The Balaban J connectivity index is 1.78. The van der Waals surface area contributed by atoms with E-state index in [1.54, 1.807) is 19.3 Å². The Kier molecular flexibility index (Phi) is 7.48. The molecule has 31 heavy (non-hydrogen) atoms. The first-order valence-electron chi connectivity index (χ1n) is 10.1. The van der Waals surface area contributed by atoms with E-state index in [0.717, 1.165) is 0 Å². The van der Waals surface area contributed by atoms with Gasteiger partial charge in [-0.25, -0.2) is 8.42 Å². The minimum Gasteiger partial charge on any atom is -0.493 e. The van der Waals surface area contributed by atoms with Gasteiger partial charge in [0.05, 0.1) is 31.3 Å². The summed E-state index contributed by atoms with van der Waals surface area (Å²) < 4.78 is 43.2. The first kappa shape index (κ1) is 23.0. The molecule has 8 heteroatoms. The topological polar surface area (TPSA) is 82.1 Å². The van der Waals surface area contributed by atoms with Crippen molar-refractivity contribution in [1.29, 1.82) is 0 Å². The normalized spacial score (nSPS) is 15.4. The lowest BCUT2D eigenvalue weighted by Crippen LogP contribution is -2.40. The average Bonchev–Trinajstić information content (AvgIpc) is 2.78. The Morgan fingerprint density at radius 3 is 2.39 bits per heavy atom. The van der Waals surface area contributed by atoms with Crippen molar-refractivity contribution in [2.75, 3.05) is 33.4 Å². The fourth-order valence-electron chi connectivity index (χ4n) is 3.18. The van der Waals surface area contributed by atoms with Crippen LogP contribution in [0.25, 0.3) is 6.08 Å². The number of ether oxygens (including phenoxy) is 3. The number of rotatable bonds is 8. The third-order valence-electron chi connectivity index (χ3n) is 4.74. The largest absolute Gasteiger partial charge is 0.493 e. The van der Waals surface area contributed by atoms with Gasteiger partial charge in [-0.05, 0) is 56.3 Å². The van der Waals surface area contributed by atoms with Gasteiger partial charge in [-0.15, -0.1) is 0 Å². The Bertz CT molecular complexity index is 1040. The van der Waals surface area contributed by atoms with Crippen molar-refractivity contribution >= 4 is 21.9 Å². The van der Waals surface area contributed by atoms with Gasteiger partial charge in [0, 0.05) is 24.2 Å². The van der Waals surface area contributed by atoms with Gasteiger partial charge in [-0.2, -0.15) is 4.31 Å². The van der Waals surface area contributed by atoms with Crippen LogP contribution in [0.1, 0.15) is 29.8 Å². The summed E-state index contributed by atoms with van der Waals surface area (Å²) in [7, 11) is -2.03. The molecule has 0 atom stereocenters. The number of hydrogen-bond donors (Lipinski definition) is 0. The molecule has 0 bridgehead atoms. The molecular weight excluding hydrogens is 418 g/mol. The molecular formula is C23H27NO6S. The number of carbonyl (C=O) groups excluding carboxylic acids is 1. The molecule has 0 aliphatic carbocycles. The maximum atomic E-state index is 12.7. The fourth-order valence-corrected chi connectivity index (χ4v) is 4.58. The number of hydrogen-bond acceptors (Lipinski definition) is 6. The molecule has 0 radical (unpaired) electrons. The molecule has 1 saturated heterocycles. The van der Waals surface area contributed by atoms with E-state index >= 15 is 0 Å². The van der Waals surface area contributed by atoms with E-state index in [-0.39, 0.29) is 16.8 Å². The van der Waals surface area contributed by atoms with Gasteiger partial charge in [0.2, 0.25) is 10.0 Å². The Morgan fingerprint density at radius 1 is 1.10 bits per heavy atom. The third-order valence-corrected chi connectivity index (χ3v) is 6.66. The Hall–Kier alpha value is -2.68. The van der Waals surface area contributed by atoms with Crippen LogP contribution in [-0.4, -0.2) is 58.0 Å². The van der Waals surface area contributed by atoms with Crippen molar-refractivity contribution in [3.8, 4) is 11.5 Å². The molecule has 3 rings (SSSR count). The summed E-state index contributed by atoms with van der Waals surface area (Å²) in [4.78, 5) is 12.8. The summed E-state index contributed by atoms with van der Waals surface area (Å²) in [6, 6.07) is 11.4. The van der Waals surface area contributed by atoms with E-state index in [1.165, 1.54) is 34.6 Å². The molecule has 1 heterocycles. The number of allylic oxidation sites excluding steroid dienone is 1. The monoisotopic (exact) mass is 445 g/mol. The first-order chi connectivity index (χ1) is 14.8. The number of carbonyl (C=O) groups is 1. The average molecular weight is 446 g/mol. The number of nitrogens with zero attached hydrogens (tertiary/aromatic N) is 1. The van der Waals surface area contributed by atoms with Crippen LogP contribution in [0.15, 0.2) is 53.4 Å². The zero-order valence-corrected chi connectivity index (χ0v) is 18.7. The molecule has 0 saturated carbocycles. The van der Waals surface area contributed by atoms with Gasteiger partial charge >= 0.3 is 0 Å². The molecule has 0 N–H and O–H groups in total. The van der Waals surface area contributed by atoms with Crippen molar-refractivity contribution < 1.29 is 27.4 Å². The quantitative estimate of drug-likeness (QED) is 0.458. The first-order valence-corrected chi connectivity index (χ1v) is 11.5. The van der Waals surface area contributed by atoms with E-state index in [0.29, 0.717) is 48.9 Å². The van der Waals surface area contributed by atoms with E-state index in [2.05, 4.69) is 0 Å². The van der Waals surface area contributed by atoms with Gasteiger partial charge in [0.15, 0.2) is 17.3 Å². The Morgan fingerprint density at radius 2 is 1.77 bits per heavy atom. The second-order valence-electron chi connectivity index (χ2n) is 7.28. The lowest BCUT2D eigenvalue weighted by atomic mass is 10.1. The standard InChI is InChI=1S/C23H27NO6S/c1-17(2)30-23-19(5-4-6-22(23)28-3)9-12-21(25)18-7-10-20(11-8-18)31(26,27)24-13-15-29-16-14-24/h4-12,17H,13-16H2,1-3H3/b12-9+. The van der Waals surface area contributed by atoms with E-state index in [4.69, 9.17) is 14.2 Å². The second kappa shape index (κ2) is 10.1. The van der Waals surface area contributed by atoms with Gasteiger partial charge < -0.3 is 14.2 Å². The predicted molar refractivity (Wildman–Crippen MR) is 118 cm³/mol. The second-order valence-corrected chi connectivity index (χ2v) is 9.22. The molecule has 0 amide bonds. The van der Waals surface area contributed by atoms with Gasteiger partial charge in [0.1, 0.15) is 0 Å². The fraction of sp³-hybridized carbons (Fsp3) is 0.348. The minimum atomic E-state index is -3.59. The summed E-state index contributed by atoms with van der Waals surface area (Å²) in [5.41, 5.74) is 1.11. The lowest BCUT2D eigenvalue weighted by Gasteiger charge is -2.26. The molecule has 7 nitrogen and oxygen atoms in total. The smallest absolute Gasteiger partial charge is 0.243 e. The van der Waals surface area contributed by atoms with Crippen LogP contribution < -0.4 is 9.47 Å². The number of methoxy groups -OCH3 is 1. The summed E-state index contributed by atoms with van der Waals surface area (Å²) in [6.45, 7) is 5.25. The third kappa shape index (κ3) is 5.52. The van der Waals surface area contributed by atoms with Crippen molar-refractivity contribution in [2.45, 2.75) is 24.8 Å². The number of benzene rings is 2. The summed E-state index contributed by atoms with van der Waals surface area (Å²) in [6.07, 6.45) is 3.05. The highest BCUT2D eigenvalue weighted by Gasteiger charge is 2.26. The predicted octanol–water partition coefficient (Wildman–Crippen LogP) is 3.40. The highest BCUT2D eigenvalue weighted by Crippen LogP contribution is 2.33. The molecule has 0 unspecified atom stereocenters. The lowest BCUT2D eigenvalue weighted by molar-refractivity contribution is 0.0730. The van der Waals surface area contributed by atoms with E-state index < -0.39 is 10.0 Å². The SMILES string of the molecule is COc1cccc(/C=C/C(=O)c2ccc(S(=O)(=O)N3CCOCC3)cc2)c1OC(C)C. The molecule has 1 aliphatic rings. The van der Waals surface area contributed by atoms with Crippen LogP contribution in [-0.2, 0) is 14.8 Å². The highest BCUT2D eigenvalue weighted by atomic mass is 32.2. The van der Waals surface area contributed by atoms with Crippen molar-refractivity contribution in [3.05, 3.63) is 59.7 Å². The molecule has 166 valence electrons. The van der Waals surface area contributed by atoms with Gasteiger partial charge in [-0.3, -0.25) is 4.79 Å². The summed E-state index contributed by atoms with van der Waals surface area (Å²) in [5, 5.41) is 0. The van der Waals surface area contributed by atoms with Crippen LogP contribution >= 0.6 is 0 Å². The summed E-state index contributed by atoms with van der Waals surface area (Å²) in [5.74, 6) is 0.908. The summed E-state index contributed by atoms with van der Waals surface area (Å²) >= 11 is 0. The van der Waals surface area contributed by atoms with E-state index in [9.17, 15) is 13.2 Å². The maximum Gasteiger partial charge on any atom is 0.243 e. The minimum absolute atomic E-state index is 0.0555. The molecule has 2 aromatic rings. The number of sulfonamides is 1.